The van der Waals surface area contributed by atoms with Crippen LogP contribution in [-0.4, -0.2) is 39.6 Å². The summed E-state index contributed by atoms with van der Waals surface area (Å²) in [7, 11) is 0. The third-order valence-electron chi connectivity index (χ3n) is 2.89. The van der Waals surface area contributed by atoms with E-state index < -0.39 is 17.7 Å². The first-order valence-electron chi connectivity index (χ1n) is 6.79. The first kappa shape index (κ1) is 16.9. The zero-order valence-electron chi connectivity index (χ0n) is 12.2. The normalized spacial score (nSPS) is 12.0. The Balaban J connectivity index is 2.08. The number of thioether (sulfide) groups is 1. The van der Waals surface area contributed by atoms with Crippen LogP contribution in [0.4, 0.5) is 9.59 Å². The number of carboxylic acid groups (broad SMARTS) is 2. The van der Waals surface area contributed by atoms with E-state index in [1.54, 1.807) is 0 Å². The quantitative estimate of drug-likeness (QED) is 0.442. The van der Waals surface area contributed by atoms with Gasteiger partial charge in [-0.2, -0.15) is 0 Å². The number of rotatable bonds is 7. The van der Waals surface area contributed by atoms with Crippen molar-refractivity contribution in [1.82, 2.24) is 4.98 Å². The molecule has 23 heavy (non-hydrogen) atoms. The molecule has 8 nitrogen and oxygen atoms in total. The summed E-state index contributed by atoms with van der Waals surface area (Å²) in [5, 5.41) is 17.4. The lowest BCUT2D eigenvalue weighted by molar-refractivity contribution is 0.0599. The molecule has 0 aliphatic carbocycles. The fourth-order valence-corrected chi connectivity index (χ4v) is 2.69. The Morgan fingerprint density at radius 2 is 2.13 bits per heavy atom. The molecule has 2 rings (SSSR count). The van der Waals surface area contributed by atoms with Gasteiger partial charge in [0.1, 0.15) is 5.52 Å². The number of aromatic nitrogens is 1. The molecule has 1 aromatic carbocycles. The standard InChI is InChI=1S/C14H15NO7S/c1-2-8-3-4-9-10(7-8)21-12(15-9)23-11(22-14(18)19)5-6-20-13(16)17/h3-4,7,11H,2,5-6H2,1H3,(H,16,17)(H,18,19). The van der Waals surface area contributed by atoms with Crippen LogP contribution in [0.5, 0.6) is 0 Å². The number of ether oxygens (including phenoxy) is 2. The number of fused-ring (bicyclic) bond motifs is 1. The summed E-state index contributed by atoms with van der Waals surface area (Å²) in [6.07, 6.45) is -2.00. The molecular formula is C14H15NO7S. The molecule has 0 bridgehead atoms. The van der Waals surface area contributed by atoms with Crippen molar-refractivity contribution >= 4 is 35.2 Å². The van der Waals surface area contributed by atoms with Crippen molar-refractivity contribution in [3.05, 3.63) is 23.8 Å². The van der Waals surface area contributed by atoms with E-state index in [2.05, 4.69) is 14.5 Å². The van der Waals surface area contributed by atoms with E-state index in [0.29, 0.717) is 11.1 Å². The fourth-order valence-electron chi connectivity index (χ4n) is 1.83. The maximum absolute atomic E-state index is 10.7. The molecular weight excluding hydrogens is 326 g/mol. The Kier molecular flexibility index (Phi) is 5.69. The van der Waals surface area contributed by atoms with Crippen LogP contribution in [0.3, 0.4) is 0 Å². The smallest absolute Gasteiger partial charge is 0.450 e. The molecule has 1 heterocycles. The molecule has 0 aliphatic rings. The van der Waals surface area contributed by atoms with Gasteiger partial charge in [-0.25, -0.2) is 14.6 Å². The summed E-state index contributed by atoms with van der Waals surface area (Å²) in [5.41, 5.74) is 1.47. The number of oxazole rings is 1. The zero-order chi connectivity index (χ0) is 16.8. The van der Waals surface area contributed by atoms with Crippen LogP contribution >= 0.6 is 11.8 Å². The molecule has 0 radical (unpaired) electrons. The summed E-state index contributed by atoms with van der Waals surface area (Å²) in [4.78, 5) is 25.3. The topological polar surface area (TPSA) is 119 Å². The monoisotopic (exact) mass is 341 g/mol. The number of nitrogens with zero attached hydrogens (tertiary/aromatic N) is 1. The third kappa shape index (κ3) is 5.06. The summed E-state index contributed by atoms with van der Waals surface area (Å²) in [6, 6.07) is 5.63. The van der Waals surface area contributed by atoms with Crippen molar-refractivity contribution in [3.63, 3.8) is 0 Å². The van der Waals surface area contributed by atoms with Crippen LogP contribution in [0.15, 0.2) is 27.8 Å². The minimum Gasteiger partial charge on any atom is -0.450 e. The number of carbonyl (C=O) groups is 2. The predicted octanol–water partition coefficient (Wildman–Crippen LogP) is 3.59. The molecule has 2 aromatic rings. The van der Waals surface area contributed by atoms with Crippen LogP contribution in [0.1, 0.15) is 18.9 Å². The number of benzene rings is 1. The van der Waals surface area contributed by atoms with Gasteiger partial charge in [0.2, 0.25) is 0 Å². The van der Waals surface area contributed by atoms with Crippen molar-refractivity contribution in [1.29, 1.82) is 0 Å². The molecule has 2 N–H and O–H groups in total. The van der Waals surface area contributed by atoms with E-state index in [4.69, 9.17) is 14.6 Å². The number of hydrogen-bond donors (Lipinski definition) is 2. The lowest BCUT2D eigenvalue weighted by Crippen LogP contribution is -2.16. The molecule has 0 fully saturated rings. The highest BCUT2D eigenvalue weighted by atomic mass is 32.2. The molecule has 0 saturated carbocycles. The highest BCUT2D eigenvalue weighted by Gasteiger charge is 2.20. The Hall–Kier alpha value is -2.42. The SMILES string of the molecule is CCc1ccc2nc(SC(CCOC(=O)O)OC(=O)O)oc2c1. The van der Waals surface area contributed by atoms with E-state index >= 15 is 0 Å². The second-order valence-electron chi connectivity index (χ2n) is 4.47. The first-order chi connectivity index (χ1) is 11.0. The highest BCUT2D eigenvalue weighted by molar-refractivity contribution is 7.99. The number of hydrogen-bond acceptors (Lipinski definition) is 7. The van der Waals surface area contributed by atoms with Gasteiger partial charge < -0.3 is 24.1 Å². The third-order valence-corrected chi connectivity index (χ3v) is 3.86. The highest BCUT2D eigenvalue weighted by Crippen LogP contribution is 2.29. The average molecular weight is 341 g/mol. The fraction of sp³-hybridized carbons (Fsp3) is 0.357. The maximum Gasteiger partial charge on any atom is 0.506 e. The summed E-state index contributed by atoms with van der Waals surface area (Å²) < 4.78 is 14.6. The summed E-state index contributed by atoms with van der Waals surface area (Å²) in [5.74, 6) is 0. The van der Waals surface area contributed by atoms with Gasteiger partial charge in [-0.3, -0.25) is 0 Å². The van der Waals surface area contributed by atoms with Gasteiger partial charge in [0.05, 0.1) is 6.61 Å². The second-order valence-corrected chi connectivity index (χ2v) is 5.58. The molecule has 124 valence electrons. The van der Waals surface area contributed by atoms with Crippen molar-refractivity contribution in [2.75, 3.05) is 6.61 Å². The van der Waals surface area contributed by atoms with E-state index in [0.717, 1.165) is 23.7 Å². The van der Waals surface area contributed by atoms with Crippen molar-refractivity contribution in [3.8, 4) is 0 Å². The van der Waals surface area contributed by atoms with E-state index in [1.807, 2.05) is 25.1 Å². The van der Waals surface area contributed by atoms with Gasteiger partial charge in [0, 0.05) is 6.42 Å². The molecule has 0 aliphatic heterocycles. The molecule has 9 heteroatoms. The zero-order valence-corrected chi connectivity index (χ0v) is 13.0. The Labute approximate surface area is 135 Å². The Morgan fingerprint density at radius 1 is 1.35 bits per heavy atom. The molecule has 1 atom stereocenters. The average Bonchev–Trinajstić information content (AvgIpc) is 2.87. The summed E-state index contributed by atoms with van der Waals surface area (Å²) >= 11 is 0.954. The minimum atomic E-state index is -1.47. The summed E-state index contributed by atoms with van der Waals surface area (Å²) in [6.45, 7) is 1.83. The van der Waals surface area contributed by atoms with Gasteiger partial charge in [-0.05, 0) is 35.9 Å². The van der Waals surface area contributed by atoms with Gasteiger partial charge in [0.15, 0.2) is 11.0 Å². The van der Waals surface area contributed by atoms with Gasteiger partial charge in [0.25, 0.3) is 5.22 Å². The van der Waals surface area contributed by atoms with Gasteiger partial charge in [-0.1, -0.05) is 13.0 Å². The van der Waals surface area contributed by atoms with Crippen LogP contribution in [-0.2, 0) is 15.9 Å². The minimum absolute atomic E-state index is 0.0439. The van der Waals surface area contributed by atoms with Crippen LogP contribution in [0, 0.1) is 0 Å². The van der Waals surface area contributed by atoms with Gasteiger partial charge in [-0.15, -0.1) is 0 Å². The Bertz CT molecular complexity index is 699. The van der Waals surface area contributed by atoms with Crippen molar-refractivity contribution in [2.45, 2.75) is 30.4 Å². The van der Waals surface area contributed by atoms with Crippen LogP contribution < -0.4 is 0 Å². The Morgan fingerprint density at radius 3 is 2.78 bits per heavy atom. The lowest BCUT2D eigenvalue weighted by atomic mass is 10.2. The molecule has 1 aromatic heterocycles. The number of aryl methyl sites for hydroxylation is 1. The van der Waals surface area contributed by atoms with E-state index in [9.17, 15) is 9.59 Å². The van der Waals surface area contributed by atoms with E-state index in [1.165, 1.54) is 0 Å². The molecule has 0 amide bonds. The van der Waals surface area contributed by atoms with Crippen molar-refractivity contribution < 1.29 is 33.7 Å². The van der Waals surface area contributed by atoms with Gasteiger partial charge >= 0.3 is 12.3 Å². The first-order valence-corrected chi connectivity index (χ1v) is 7.67. The molecule has 0 spiro atoms. The molecule has 1 unspecified atom stereocenters. The largest absolute Gasteiger partial charge is 0.506 e. The maximum atomic E-state index is 10.7. The predicted molar refractivity (Wildman–Crippen MR) is 80.7 cm³/mol. The van der Waals surface area contributed by atoms with Crippen LogP contribution in [0.25, 0.3) is 11.1 Å². The molecule has 0 saturated heterocycles. The van der Waals surface area contributed by atoms with Crippen molar-refractivity contribution in [2.24, 2.45) is 0 Å². The van der Waals surface area contributed by atoms with E-state index in [-0.39, 0.29) is 18.3 Å². The second kappa shape index (κ2) is 7.73. The van der Waals surface area contributed by atoms with Crippen LogP contribution in [0.2, 0.25) is 0 Å². The lowest BCUT2D eigenvalue weighted by Gasteiger charge is -2.12.